The molecule has 122 valence electrons. The number of hydrogen-bond acceptors (Lipinski definition) is 4. The first-order valence-electron chi connectivity index (χ1n) is 7.64. The quantitative estimate of drug-likeness (QED) is 0.622. The lowest BCUT2D eigenvalue weighted by molar-refractivity contribution is -0.115. The standard InChI is InChI=1S/C19H17NO2S2/c1-13(17-18(21)20-19(22)24-17)15-7-9-16(10-8-15)23-12-11-14-5-3-2-4-6-14/h2-10H,11-12H2,1H3,(H,20,21,22). The van der Waals surface area contributed by atoms with Gasteiger partial charge in [0.15, 0.2) is 0 Å². The summed E-state index contributed by atoms with van der Waals surface area (Å²) in [6.07, 6.45) is 1.04. The number of nitrogens with one attached hydrogen (secondary N) is 1. The van der Waals surface area contributed by atoms with Crippen LogP contribution in [0, 0.1) is 0 Å². The Labute approximate surface area is 149 Å². The van der Waals surface area contributed by atoms with E-state index < -0.39 is 0 Å². The number of imide groups is 1. The molecule has 3 rings (SSSR count). The van der Waals surface area contributed by atoms with Crippen LogP contribution in [0.15, 0.2) is 64.4 Å². The molecule has 1 aliphatic heterocycles. The Balaban J connectivity index is 1.62. The minimum absolute atomic E-state index is 0.302. The zero-order chi connectivity index (χ0) is 16.9. The Morgan fingerprint density at radius 1 is 1.04 bits per heavy atom. The summed E-state index contributed by atoms with van der Waals surface area (Å²) >= 11 is 2.78. The summed E-state index contributed by atoms with van der Waals surface area (Å²) in [5.74, 6) is 0.722. The van der Waals surface area contributed by atoms with Gasteiger partial charge in [0.05, 0.1) is 4.91 Å². The molecule has 1 fully saturated rings. The molecule has 2 aromatic carbocycles. The van der Waals surface area contributed by atoms with Crippen LogP contribution in [0.25, 0.3) is 5.57 Å². The molecule has 0 radical (unpaired) electrons. The van der Waals surface area contributed by atoms with Crippen LogP contribution in [0.2, 0.25) is 0 Å². The minimum atomic E-state index is -0.303. The summed E-state index contributed by atoms with van der Waals surface area (Å²) in [4.78, 5) is 24.7. The minimum Gasteiger partial charge on any atom is -0.282 e. The van der Waals surface area contributed by atoms with Crippen molar-refractivity contribution in [1.82, 2.24) is 5.32 Å². The molecule has 2 aromatic rings. The highest BCUT2D eigenvalue weighted by molar-refractivity contribution is 8.18. The van der Waals surface area contributed by atoms with Gasteiger partial charge in [-0.15, -0.1) is 11.8 Å². The first-order chi connectivity index (χ1) is 11.6. The van der Waals surface area contributed by atoms with Gasteiger partial charge in [0.25, 0.3) is 11.1 Å². The third-order valence-electron chi connectivity index (χ3n) is 3.75. The summed E-state index contributed by atoms with van der Waals surface area (Å²) in [6, 6.07) is 18.6. The molecule has 0 spiro atoms. The molecule has 3 nitrogen and oxygen atoms in total. The number of carbonyl (C=O) groups excluding carboxylic acids is 2. The highest BCUT2D eigenvalue weighted by Crippen LogP contribution is 2.32. The van der Waals surface area contributed by atoms with Crippen LogP contribution < -0.4 is 5.32 Å². The Morgan fingerprint density at radius 3 is 2.38 bits per heavy atom. The van der Waals surface area contributed by atoms with Crippen molar-refractivity contribution in [2.45, 2.75) is 18.2 Å². The van der Waals surface area contributed by atoms with E-state index in [1.807, 2.05) is 36.9 Å². The van der Waals surface area contributed by atoms with Gasteiger partial charge < -0.3 is 0 Å². The van der Waals surface area contributed by atoms with Crippen molar-refractivity contribution in [2.75, 3.05) is 5.75 Å². The SMILES string of the molecule is CC(=C1SC(=O)NC1=O)c1ccc(SCCc2ccccc2)cc1. The zero-order valence-electron chi connectivity index (χ0n) is 13.2. The van der Waals surface area contributed by atoms with Crippen molar-refractivity contribution in [2.24, 2.45) is 0 Å². The molecule has 0 aliphatic carbocycles. The van der Waals surface area contributed by atoms with Crippen LogP contribution >= 0.6 is 23.5 Å². The predicted octanol–water partition coefficient (Wildman–Crippen LogP) is 4.74. The average molecular weight is 355 g/mol. The van der Waals surface area contributed by atoms with E-state index in [1.165, 1.54) is 10.5 Å². The van der Waals surface area contributed by atoms with E-state index in [0.717, 1.165) is 35.1 Å². The van der Waals surface area contributed by atoms with E-state index in [2.05, 4.69) is 41.7 Å². The van der Waals surface area contributed by atoms with Gasteiger partial charge in [-0.2, -0.15) is 0 Å². The Kier molecular flexibility index (Phi) is 5.43. The van der Waals surface area contributed by atoms with Crippen LogP contribution in [0.3, 0.4) is 0 Å². The molecule has 1 aliphatic rings. The number of hydrogen-bond donors (Lipinski definition) is 1. The topological polar surface area (TPSA) is 46.2 Å². The summed E-state index contributed by atoms with van der Waals surface area (Å²) < 4.78 is 0. The van der Waals surface area contributed by atoms with Gasteiger partial charge in [-0.25, -0.2) is 0 Å². The first kappa shape index (κ1) is 16.9. The van der Waals surface area contributed by atoms with Crippen molar-refractivity contribution in [3.8, 4) is 0 Å². The number of amides is 2. The second-order valence-corrected chi connectivity index (χ2v) is 7.56. The normalized spacial score (nSPS) is 16.2. The summed E-state index contributed by atoms with van der Waals surface area (Å²) in [6.45, 7) is 1.87. The van der Waals surface area contributed by atoms with E-state index >= 15 is 0 Å². The Morgan fingerprint density at radius 2 is 1.75 bits per heavy atom. The number of aryl methyl sites for hydroxylation is 1. The van der Waals surface area contributed by atoms with Crippen molar-refractivity contribution in [3.63, 3.8) is 0 Å². The van der Waals surface area contributed by atoms with Gasteiger partial charge in [-0.1, -0.05) is 42.5 Å². The number of thioether (sulfide) groups is 2. The van der Waals surface area contributed by atoms with E-state index in [9.17, 15) is 9.59 Å². The zero-order valence-corrected chi connectivity index (χ0v) is 14.9. The van der Waals surface area contributed by atoms with Crippen LogP contribution in [0.5, 0.6) is 0 Å². The monoisotopic (exact) mass is 355 g/mol. The Hall–Kier alpha value is -1.98. The van der Waals surface area contributed by atoms with E-state index in [1.54, 1.807) is 0 Å². The third kappa shape index (κ3) is 4.10. The maximum Gasteiger partial charge on any atom is 0.290 e. The lowest BCUT2D eigenvalue weighted by Crippen LogP contribution is -2.18. The molecular weight excluding hydrogens is 338 g/mol. The van der Waals surface area contributed by atoms with Crippen molar-refractivity contribution < 1.29 is 9.59 Å². The van der Waals surface area contributed by atoms with Crippen LogP contribution in [0.1, 0.15) is 18.1 Å². The van der Waals surface area contributed by atoms with Gasteiger partial charge in [0.1, 0.15) is 0 Å². The lowest BCUT2D eigenvalue weighted by Gasteiger charge is -2.06. The van der Waals surface area contributed by atoms with E-state index in [4.69, 9.17) is 0 Å². The van der Waals surface area contributed by atoms with Crippen LogP contribution in [-0.2, 0) is 11.2 Å². The molecule has 1 heterocycles. The van der Waals surface area contributed by atoms with Gasteiger partial charge in [0.2, 0.25) is 0 Å². The van der Waals surface area contributed by atoms with Gasteiger partial charge in [-0.3, -0.25) is 14.9 Å². The first-order valence-corrected chi connectivity index (χ1v) is 9.45. The highest BCUT2D eigenvalue weighted by atomic mass is 32.2. The summed E-state index contributed by atoms with van der Waals surface area (Å²) in [5, 5.41) is 1.99. The average Bonchev–Trinajstić information content (AvgIpc) is 2.94. The molecule has 5 heteroatoms. The second kappa shape index (κ2) is 7.73. The summed E-state index contributed by atoms with van der Waals surface area (Å²) in [5.41, 5.74) is 3.15. The van der Waals surface area contributed by atoms with Crippen molar-refractivity contribution >= 4 is 40.2 Å². The van der Waals surface area contributed by atoms with Gasteiger partial charge >= 0.3 is 0 Å². The van der Waals surface area contributed by atoms with Crippen LogP contribution in [-0.4, -0.2) is 16.9 Å². The molecule has 0 aromatic heterocycles. The maximum atomic E-state index is 11.7. The molecule has 24 heavy (non-hydrogen) atoms. The number of benzene rings is 2. The molecule has 0 atom stereocenters. The molecule has 0 saturated carbocycles. The predicted molar refractivity (Wildman–Crippen MR) is 101 cm³/mol. The van der Waals surface area contributed by atoms with Crippen molar-refractivity contribution in [3.05, 3.63) is 70.6 Å². The molecule has 1 N–H and O–H groups in total. The Bertz CT molecular complexity index is 783. The molecule has 0 bridgehead atoms. The fourth-order valence-electron chi connectivity index (χ4n) is 2.42. The fourth-order valence-corrected chi connectivity index (χ4v) is 4.07. The number of allylic oxidation sites excluding steroid dienone is 1. The third-order valence-corrected chi connectivity index (χ3v) is 5.74. The van der Waals surface area contributed by atoms with Crippen molar-refractivity contribution in [1.29, 1.82) is 0 Å². The lowest BCUT2D eigenvalue weighted by atomic mass is 10.1. The summed E-state index contributed by atoms with van der Waals surface area (Å²) in [7, 11) is 0. The fraction of sp³-hybridized carbons (Fsp3) is 0.158. The molecule has 0 unspecified atom stereocenters. The molecule has 2 amide bonds. The smallest absolute Gasteiger partial charge is 0.282 e. The molecule has 1 saturated heterocycles. The van der Waals surface area contributed by atoms with Gasteiger partial charge in [-0.05, 0) is 53.9 Å². The van der Waals surface area contributed by atoms with Gasteiger partial charge in [0, 0.05) is 10.6 Å². The molecular formula is C19H17NO2S2. The van der Waals surface area contributed by atoms with E-state index in [0.29, 0.717) is 4.91 Å². The highest BCUT2D eigenvalue weighted by Gasteiger charge is 2.27. The number of rotatable bonds is 5. The number of carbonyl (C=O) groups is 2. The largest absolute Gasteiger partial charge is 0.290 e. The van der Waals surface area contributed by atoms with Crippen LogP contribution in [0.4, 0.5) is 4.79 Å². The second-order valence-electron chi connectivity index (χ2n) is 5.41. The van der Waals surface area contributed by atoms with E-state index in [-0.39, 0.29) is 11.1 Å². The maximum absolute atomic E-state index is 11.7.